The summed E-state index contributed by atoms with van der Waals surface area (Å²) in [7, 11) is 0. The van der Waals surface area contributed by atoms with Crippen LogP contribution in [0, 0.1) is 11.3 Å². The molecule has 0 amide bonds. The fourth-order valence-corrected chi connectivity index (χ4v) is 1.71. The Kier molecular flexibility index (Phi) is 3.99. The topological polar surface area (TPSA) is 33.0 Å². The van der Waals surface area contributed by atoms with E-state index in [9.17, 15) is 12.9 Å². The number of halogens is 3. The molecule has 0 aliphatic carbocycles. The Balaban J connectivity index is 2.09. The summed E-state index contributed by atoms with van der Waals surface area (Å²) in [6.45, 7) is -4.91. The van der Waals surface area contributed by atoms with E-state index in [1.807, 2.05) is 6.07 Å². The van der Waals surface area contributed by atoms with Gasteiger partial charge in [0.25, 0.3) is 0 Å². The van der Waals surface area contributed by atoms with E-state index in [1.165, 1.54) is 12.1 Å². The molecule has 0 heterocycles. The Morgan fingerprint density at radius 3 is 2.50 bits per heavy atom. The van der Waals surface area contributed by atoms with Gasteiger partial charge in [0.1, 0.15) is 12.4 Å². The minimum absolute atomic E-state index is 0.115. The minimum atomic E-state index is -5.03. The summed E-state index contributed by atoms with van der Waals surface area (Å²) in [4.78, 5) is 0. The van der Waals surface area contributed by atoms with Crippen molar-refractivity contribution in [1.29, 1.82) is 5.26 Å². The highest BCUT2D eigenvalue weighted by molar-refractivity contribution is 6.73. The summed E-state index contributed by atoms with van der Waals surface area (Å²) in [6.07, 6.45) is 0. The molecule has 0 atom stereocenters. The van der Waals surface area contributed by atoms with Crippen LogP contribution in [0.5, 0.6) is 5.75 Å². The lowest BCUT2D eigenvalue weighted by Gasteiger charge is -2.16. The van der Waals surface area contributed by atoms with E-state index >= 15 is 0 Å². The molecule has 0 spiro atoms. The lowest BCUT2D eigenvalue weighted by molar-refractivity contribution is 0.306. The second-order valence-electron chi connectivity index (χ2n) is 4.25. The quantitative estimate of drug-likeness (QED) is 0.803. The Morgan fingerprint density at radius 2 is 1.80 bits per heavy atom. The molecular formula is C14H10BF3NO-. The van der Waals surface area contributed by atoms with Crippen LogP contribution in [0.4, 0.5) is 12.9 Å². The Morgan fingerprint density at radius 1 is 1.05 bits per heavy atom. The zero-order chi connectivity index (χ0) is 14.6. The molecule has 6 heteroatoms. The first kappa shape index (κ1) is 14.0. The van der Waals surface area contributed by atoms with Gasteiger partial charge in [0.2, 0.25) is 0 Å². The van der Waals surface area contributed by atoms with Crippen LogP contribution in [0.25, 0.3) is 0 Å². The maximum absolute atomic E-state index is 12.6. The van der Waals surface area contributed by atoms with E-state index in [0.29, 0.717) is 5.56 Å². The lowest BCUT2D eigenvalue weighted by Crippen LogP contribution is -2.33. The molecule has 0 saturated heterocycles. The summed E-state index contributed by atoms with van der Waals surface area (Å²) < 4.78 is 43.1. The number of ether oxygens (including phenoxy) is 1. The molecule has 2 rings (SSSR count). The predicted molar refractivity (Wildman–Crippen MR) is 70.6 cm³/mol. The van der Waals surface area contributed by atoms with Crippen molar-refractivity contribution in [2.24, 2.45) is 0 Å². The lowest BCUT2D eigenvalue weighted by atomic mass is 9.80. The zero-order valence-electron chi connectivity index (χ0n) is 10.4. The molecule has 20 heavy (non-hydrogen) atoms. The average molecular weight is 276 g/mol. The summed E-state index contributed by atoms with van der Waals surface area (Å²) in [6, 6.07) is 13.5. The first-order valence-corrected chi connectivity index (χ1v) is 5.91. The second kappa shape index (κ2) is 5.70. The van der Waals surface area contributed by atoms with Crippen molar-refractivity contribution < 1.29 is 17.7 Å². The number of benzene rings is 2. The molecule has 0 aliphatic heterocycles. The van der Waals surface area contributed by atoms with Crippen molar-refractivity contribution >= 4 is 12.4 Å². The molecule has 0 radical (unpaired) electrons. The average Bonchev–Trinajstić information content (AvgIpc) is 2.45. The van der Waals surface area contributed by atoms with E-state index in [-0.39, 0.29) is 12.4 Å². The summed E-state index contributed by atoms with van der Waals surface area (Å²) in [5, 5.41) is 8.76. The fourth-order valence-electron chi connectivity index (χ4n) is 1.71. The van der Waals surface area contributed by atoms with Crippen LogP contribution in [0.1, 0.15) is 11.1 Å². The first-order chi connectivity index (χ1) is 9.49. The molecule has 102 valence electrons. The Bertz CT molecular complexity index is 649. The van der Waals surface area contributed by atoms with Crippen molar-refractivity contribution in [1.82, 2.24) is 0 Å². The van der Waals surface area contributed by atoms with Gasteiger partial charge < -0.3 is 17.7 Å². The van der Waals surface area contributed by atoms with Gasteiger partial charge in [-0.2, -0.15) is 5.26 Å². The maximum Gasteiger partial charge on any atom is 0.509 e. The minimum Gasteiger partial charge on any atom is -0.489 e. The van der Waals surface area contributed by atoms with Gasteiger partial charge in [-0.3, -0.25) is 0 Å². The van der Waals surface area contributed by atoms with E-state index in [1.54, 1.807) is 24.3 Å². The van der Waals surface area contributed by atoms with Crippen LogP contribution < -0.4 is 10.2 Å². The SMILES string of the molecule is N#Cc1cccc(COc2cccc([B-](F)(F)F)c2)c1. The number of nitrogens with zero attached hydrogens (tertiary/aromatic N) is 1. The normalized spacial score (nSPS) is 10.9. The zero-order valence-corrected chi connectivity index (χ0v) is 10.4. The highest BCUT2D eigenvalue weighted by Gasteiger charge is 2.25. The predicted octanol–water partition coefficient (Wildman–Crippen LogP) is 3.19. The third-order valence-electron chi connectivity index (χ3n) is 2.70. The third-order valence-corrected chi connectivity index (χ3v) is 2.70. The third kappa shape index (κ3) is 3.54. The van der Waals surface area contributed by atoms with Gasteiger partial charge in [0, 0.05) is 0 Å². The van der Waals surface area contributed by atoms with Gasteiger partial charge in [-0.05, 0) is 29.8 Å². The van der Waals surface area contributed by atoms with Crippen molar-refractivity contribution in [2.45, 2.75) is 6.61 Å². The standard InChI is InChI=1S/C14H10BF3NO/c16-15(17,18)13-5-2-6-14(8-13)20-10-12-4-1-3-11(7-12)9-19/h1-8H,10H2/q-1. The van der Waals surface area contributed by atoms with Gasteiger partial charge in [0.15, 0.2) is 0 Å². The Labute approximate surface area is 114 Å². The molecule has 0 aromatic heterocycles. The highest BCUT2D eigenvalue weighted by Crippen LogP contribution is 2.16. The van der Waals surface area contributed by atoms with Gasteiger partial charge in [-0.1, -0.05) is 24.3 Å². The molecule has 2 aromatic carbocycles. The van der Waals surface area contributed by atoms with Gasteiger partial charge >= 0.3 is 6.98 Å². The van der Waals surface area contributed by atoms with Crippen molar-refractivity contribution in [3.05, 3.63) is 59.7 Å². The van der Waals surface area contributed by atoms with Crippen molar-refractivity contribution in [3.8, 4) is 11.8 Å². The first-order valence-electron chi connectivity index (χ1n) is 5.91. The van der Waals surface area contributed by atoms with Crippen LogP contribution in [-0.2, 0) is 6.61 Å². The molecule has 0 N–H and O–H groups in total. The van der Waals surface area contributed by atoms with Gasteiger partial charge in [0.05, 0.1) is 11.6 Å². The monoisotopic (exact) mass is 276 g/mol. The summed E-state index contributed by atoms with van der Waals surface area (Å²) in [5.41, 5.74) is 0.527. The molecule has 0 bridgehead atoms. The van der Waals surface area contributed by atoms with E-state index < -0.39 is 12.4 Å². The molecular weight excluding hydrogens is 266 g/mol. The van der Waals surface area contributed by atoms with Crippen LogP contribution >= 0.6 is 0 Å². The number of nitriles is 1. The van der Waals surface area contributed by atoms with Crippen LogP contribution in [0.15, 0.2) is 48.5 Å². The van der Waals surface area contributed by atoms with Crippen LogP contribution in [0.3, 0.4) is 0 Å². The molecule has 0 aliphatic rings. The van der Waals surface area contributed by atoms with Crippen LogP contribution in [-0.4, -0.2) is 6.98 Å². The summed E-state index contributed by atoms with van der Waals surface area (Å²) in [5.74, 6) is 0.157. The largest absolute Gasteiger partial charge is 0.509 e. The smallest absolute Gasteiger partial charge is 0.489 e. The van der Waals surface area contributed by atoms with Gasteiger partial charge in [-0.15, -0.1) is 5.46 Å². The number of hydrogen-bond acceptors (Lipinski definition) is 2. The molecule has 0 fully saturated rings. The van der Waals surface area contributed by atoms with Crippen molar-refractivity contribution in [3.63, 3.8) is 0 Å². The molecule has 0 saturated carbocycles. The number of rotatable bonds is 4. The highest BCUT2D eigenvalue weighted by atomic mass is 19.4. The van der Waals surface area contributed by atoms with E-state index in [2.05, 4.69) is 0 Å². The van der Waals surface area contributed by atoms with E-state index in [0.717, 1.165) is 17.7 Å². The summed E-state index contributed by atoms with van der Waals surface area (Å²) >= 11 is 0. The van der Waals surface area contributed by atoms with E-state index in [4.69, 9.17) is 10.00 Å². The molecule has 2 nitrogen and oxygen atoms in total. The van der Waals surface area contributed by atoms with Gasteiger partial charge in [-0.25, -0.2) is 0 Å². The maximum atomic E-state index is 12.6. The fraction of sp³-hybridized carbons (Fsp3) is 0.0714. The van der Waals surface area contributed by atoms with Crippen LogP contribution in [0.2, 0.25) is 0 Å². The molecule has 0 unspecified atom stereocenters. The van der Waals surface area contributed by atoms with Crippen molar-refractivity contribution in [2.75, 3.05) is 0 Å². The Hall–Kier alpha value is -2.42. The molecule has 2 aromatic rings. The number of hydrogen-bond donors (Lipinski definition) is 0. The second-order valence-corrected chi connectivity index (χ2v) is 4.25.